The van der Waals surface area contributed by atoms with E-state index in [1.807, 2.05) is 84.9 Å². The molecule has 0 spiro atoms. The molecular weight excluding hydrogens is 376 g/mol. The molecule has 5 rings (SSSR count). The van der Waals surface area contributed by atoms with Gasteiger partial charge in [0.1, 0.15) is 11.3 Å². The molecule has 0 atom stereocenters. The Morgan fingerprint density at radius 1 is 0.933 bits per heavy atom. The lowest BCUT2D eigenvalue weighted by atomic mass is 10.0. The number of rotatable bonds is 4. The van der Waals surface area contributed by atoms with Crippen LogP contribution in [0.1, 0.15) is 10.4 Å². The topological polar surface area (TPSA) is 64.4 Å². The van der Waals surface area contributed by atoms with Gasteiger partial charge in [-0.25, -0.2) is 4.98 Å². The molecule has 0 bridgehead atoms. The summed E-state index contributed by atoms with van der Waals surface area (Å²) in [5.41, 5.74) is 3.48. The molecule has 1 aromatic heterocycles. The van der Waals surface area contributed by atoms with E-state index in [0.29, 0.717) is 22.7 Å². The number of nitrogens with one attached hydrogen (secondary N) is 1. The second-order valence-corrected chi connectivity index (χ2v) is 6.91. The molecule has 5 aromatic rings. The van der Waals surface area contributed by atoms with Gasteiger partial charge in [-0.15, -0.1) is 0 Å². The number of hydrogen-bond acceptors (Lipinski definition) is 4. The van der Waals surface area contributed by atoms with Crippen molar-refractivity contribution in [3.63, 3.8) is 0 Å². The third-order valence-corrected chi connectivity index (χ3v) is 5.00. The predicted molar refractivity (Wildman–Crippen MR) is 118 cm³/mol. The van der Waals surface area contributed by atoms with Crippen molar-refractivity contribution in [2.45, 2.75) is 0 Å². The predicted octanol–water partition coefficient (Wildman–Crippen LogP) is 5.91. The van der Waals surface area contributed by atoms with Crippen molar-refractivity contribution in [2.24, 2.45) is 0 Å². The molecule has 5 heteroatoms. The third kappa shape index (κ3) is 3.26. The van der Waals surface area contributed by atoms with Gasteiger partial charge in [-0.2, -0.15) is 0 Å². The second kappa shape index (κ2) is 7.37. The average molecular weight is 394 g/mol. The van der Waals surface area contributed by atoms with Crippen molar-refractivity contribution in [3.8, 4) is 17.2 Å². The molecule has 1 N–H and O–H groups in total. The number of benzene rings is 4. The first-order valence-corrected chi connectivity index (χ1v) is 9.55. The number of methoxy groups -OCH3 is 1. The van der Waals surface area contributed by atoms with E-state index < -0.39 is 0 Å². The lowest BCUT2D eigenvalue weighted by Crippen LogP contribution is -2.12. The standard InChI is InChI=1S/C25H18N2O3/c1-29-19-12-13-23-22(15-19)27-25(30-23)17-8-4-9-18(14-17)26-24(28)21-11-5-7-16-6-2-3-10-20(16)21/h2-15H,1H3,(H,26,28). The van der Waals surface area contributed by atoms with E-state index in [1.54, 1.807) is 7.11 Å². The number of carbonyl (C=O) groups excluding carboxylic acids is 1. The molecule has 1 heterocycles. The average Bonchev–Trinajstić information content (AvgIpc) is 3.22. The van der Waals surface area contributed by atoms with E-state index in [9.17, 15) is 4.79 Å². The van der Waals surface area contributed by atoms with E-state index in [1.165, 1.54) is 0 Å². The van der Waals surface area contributed by atoms with Crippen LogP contribution in [0.4, 0.5) is 5.69 Å². The van der Waals surface area contributed by atoms with Gasteiger partial charge in [0.25, 0.3) is 5.91 Å². The van der Waals surface area contributed by atoms with Crippen LogP contribution in [0, 0.1) is 0 Å². The first-order chi connectivity index (χ1) is 14.7. The van der Waals surface area contributed by atoms with Gasteiger partial charge in [0.15, 0.2) is 5.58 Å². The smallest absolute Gasteiger partial charge is 0.256 e. The lowest BCUT2D eigenvalue weighted by molar-refractivity contribution is 0.102. The summed E-state index contributed by atoms with van der Waals surface area (Å²) in [7, 11) is 1.62. The molecule has 0 aliphatic carbocycles. The Labute approximate surface area is 172 Å². The molecule has 0 fully saturated rings. The molecule has 5 nitrogen and oxygen atoms in total. The van der Waals surface area contributed by atoms with Gasteiger partial charge in [-0.05, 0) is 47.2 Å². The number of nitrogens with zero attached hydrogens (tertiary/aromatic N) is 1. The fraction of sp³-hybridized carbons (Fsp3) is 0.0400. The summed E-state index contributed by atoms with van der Waals surface area (Å²) < 4.78 is 11.1. The van der Waals surface area contributed by atoms with Crippen molar-refractivity contribution in [3.05, 3.63) is 90.5 Å². The van der Waals surface area contributed by atoms with Crippen LogP contribution < -0.4 is 10.1 Å². The minimum absolute atomic E-state index is 0.161. The van der Waals surface area contributed by atoms with Crippen molar-refractivity contribution in [1.29, 1.82) is 0 Å². The van der Waals surface area contributed by atoms with E-state index in [2.05, 4.69) is 10.3 Å². The third-order valence-electron chi connectivity index (χ3n) is 5.00. The maximum Gasteiger partial charge on any atom is 0.256 e. The van der Waals surface area contributed by atoms with Crippen molar-refractivity contribution in [2.75, 3.05) is 12.4 Å². The fourth-order valence-corrected chi connectivity index (χ4v) is 3.51. The van der Waals surface area contributed by atoms with E-state index in [4.69, 9.17) is 9.15 Å². The quantitative estimate of drug-likeness (QED) is 0.412. The molecule has 0 unspecified atom stereocenters. The molecule has 0 aliphatic heterocycles. The number of amides is 1. The Morgan fingerprint density at radius 2 is 1.77 bits per heavy atom. The van der Waals surface area contributed by atoms with Gasteiger partial charge in [0.2, 0.25) is 5.89 Å². The number of carbonyl (C=O) groups is 1. The van der Waals surface area contributed by atoms with Gasteiger partial charge in [0, 0.05) is 22.9 Å². The van der Waals surface area contributed by atoms with Crippen LogP contribution in [0.15, 0.2) is 89.3 Å². The summed E-state index contributed by atoms with van der Waals surface area (Å²) in [5, 5.41) is 4.93. The van der Waals surface area contributed by atoms with Crippen LogP contribution in [0.5, 0.6) is 5.75 Å². The monoisotopic (exact) mass is 394 g/mol. The molecular formula is C25H18N2O3. The van der Waals surface area contributed by atoms with Gasteiger partial charge in [0.05, 0.1) is 7.11 Å². The number of hydrogen-bond donors (Lipinski definition) is 1. The van der Waals surface area contributed by atoms with Crippen LogP contribution in [0.25, 0.3) is 33.3 Å². The largest absolute Gasteiger partial charge is 0.497 e. The number of oxazole rings is 1. The first-order valence-electron chi connectivity index (χ1n) is 9.55. The fourth-order valence-electron chi connectivity index (χ4n) is 3.51. The van der Waals surface area contributed by atoms with E-state index in [-0.39, 0.29) is 5.91 Å². The van der Waals surface area contributed by atoms with Crippen LogP contribution in [-0.4, -0.2) is 18.0 Å². The summed E-state index contributed by atoms with van der Waals surface area (Å²) in [6.07, 6.45) is 0. The van der Waals surface area contributed by atoms with E-state index >= 15 is 0 Å². The number of ether oxygens (including phenoxy) is 1. The minimum Gasteiger partial charge on any atom is -0.497 e. The molecule has 4 aromatic carbocycles. The Kier molecular flexibility index (Phi) is 4.41. The zero-order chi connectivity index (χ0) is 20.5. The first kappa shape index (κ1) is 17.9. The molecule has 1 amide bonds. The van der Waals surface area contributed by atoms with Crippen molar-refractivity contribution < 1.29 is 13.9 Å². The molecule has 146 valence electrons. The summed E-state index contributed by atoms with van der Waals surface area (Å²) >= 11 is 0. The highest BCUT2D eigenvalue weighted by Gasteiger charge is 2.13. The lowest BCUT2D eigenvalue weighted by Gasteiger charge is -2.09. The van der Waals surface area contributed by atoms with Gasteiger partial charge >= 0.3 is 0 Å². The highest BCUT2D eigenvalue weighted by molar-refractivity contribution is 6.13. The number of fused-ring (bicyclic) bond motifs is 2. The van der Waals surface area contributed by atoms with Gasteiger partial charge < -0.3 is 14.5 Å². The molecule has 30 heavy (non-hydrogen) atoms. The number of anilines is 1. The Morgan fingerprint density at radius 3 is 2.67 bits per heavy atom. The highest BCUT2D eigenvalue weighted by Crippen LogP contribution is 2.28. The zero-order valence-electron chi connectivity index (χ0n) is 16.3. The van der Waals surface area contributed by atoms with Crippen molar-refractivity contribution in [1.82, 2.24) is 4.98 Å². The maximum atomic E-state index is 12.9. The van der Waals surface area contributed by atoms with E-state index in [0.717, 1.165) is 27.6 Å². The highest BCUT2D eigenvalue weighted by atomic mass is 16.5. The Balaban J connectivity index is 1.46. The summed E-state index contributed by atoms with van der Waals surface area (Å²) in [4.78, 5) is 17.5. The second-order valence-electron chi connectivity index (χ2n) is 6.91. The summed E-state index contributed by atoms with van der Waals surface area (Å²) in [5.74, 6) is 1.05. The normalized spacial score (nSPS) is 11.0. The molecule has 0 radical (unpaired) electrons. The molecule has 0 saturated heterocycles. The number of aromatic nitrogens is 1. The molecule has 0 saturated carbocycles. The SMILES string of the molecule is COc1ccc2oc(-c3cccc(NC(=O)c4cccc5ccccc45)c3)nc2c1. The van der Waals surface area contributed by atoms with Gasteiger partial charge in [-0.1, -0.05) is 42.5 Å². The van der Waals surface area contributed by atoms with Crippen LogP contribution >= 0.6 is 0 Å². The minimum atomic E-state index is -0.161. The van der Waals surface area contributed by atoms with Crippen LogP contribution in [0.3, 0.4) is 0 Å². The van der Waals surface area contributed by atoms with Crippen LogP contribution in [0.2, 0.25) is 0 Å². The maximum absolute atomic E-state index is 12.9. The summed E-state index contributed by atoms with van der Waals surface area (Å²) in [6, 6.07) is 26.5. The van der Waals surface area contributed by atoms with Crippen LogP contribution in [-0.2, 0) is 0 Å². The molecule has 0 aliphatic rings. The Bertz CT molecular complexity index is 1380. The van der Waals surface area contributed by atoms with Crippen molar-refractivity contribution >= 4 is 33.5 Å². The van der Waals surface area contributed by atoms with Gasteiger partial charge in [-0.3, -0.25) is 4.79 Å². The zero-order valence-corrected chi connectivity index (χ0v) is 16.3. The Hall–Kier alpha value is -4.12. The summed E-state index contributed by atoms with van der Waals surface area (Å²) in [6.45, 7) is 0.